The minimum absolute atomic E-state index is 0.00536. The van der Waals surface area contributed by atoms with Crippen molar-refractivity contribution in [1.29, 1.82) is 0 Å². The molecular weight excluding hydrogens is 324 g/mol. The molecule has 0 atom stereocenters. The molecule has 8 nitrogen and oxygen atoms in total. The zero-order valence-corrected chi connectivity index (χ0v) is 13.3. The number of benzene rings is 1. The van der Waals surface area contributed by atoms with Crippen LogP contribution >= 0.6 is 11.6 Å². The van der Waals surface area contributed by atoms with E-state index in [0.29, 0.717) is 0 Å². The van der Waals surface area contributed by atoms with Crippen molar-refractivity contribution in [3.05, 3.63) is 33.3 Å². The first kappa shape index (κ1) is 17.2. The second kappa shape index (κ2) is 7.38. The van der Waals surface area contributed by atoms with Crippen molar-refractivity contribution in [1.82, 2.24) is 10.2 Å². The molecule has 1 aromatic carbocycles. The highest BCUT2D eigenvalue weighted by molar-refractivity contribution is 6.34. The molecule has 1 saturated carbocycles. The number of amides is 2. The SMILES string of the molecule is CN(CC(=O)Nc1ccc([N+](=O)[O-])cc1Cl)CC(=O)NC1CC1. The summed E-state index contributed by atoms with van der Waals surface area (Å²) in [6, 6.07) is 4.08. The fraction of sp³-hybridized carbons (Fsp3) is 0.429. The van der Waals surface area contributed by atoms with Gasteiger partial charge in [-0.05, 0) is 26.0 Å². The Bertz CT molecular complexity index is 633. The van der Waals surface area contributed by atoms with E-state index in [1.165, 1.54) is 18.2 Å². The van der Waals surface area contributed by atoms with Gasteiger partial charge in [0.05, 0.1) is 28.7 Å². The van der Waals surface area contributed by atoms with Crippen molar-refractivity contribution < 1.29 is 14.5 Å². The van der Waals surface area contributed by atoms with Gasteiger partial charge in [-0.15, -0.1) is 0 Å². The number of non-ortho nitro benzene ring substituents is 1. The van der Waals surface area contributed by atoms with Crippen LogP contribution in [0.15, 0.2) is 18.2 Å². The van der Waals surface area contributed by atoms with E-state index in [-0.39, 0.29) is 47.3 Å². The fourth-order valence-electron chi connectivity index (χ4n) is 1.96. The number of hydrogen-bond donors (Lipinski definition) is 2. The van der Waals surface area contributed by atoms with Gasteiger partial charge in [0.2, 0.25) is 11.8 Å². The van der Waals surface area contributed by atoms with E-state index in [4.69, 9.17) is 11.6 Å². The van der Waals surface area contributed by atoms with Gasteiger partial charge in [-0.25, -0.2) is 0 Å². The van der Waals surface area contributed by atoms with E-state index in [0.717, 1.165) is 12.8 Å². The van der Waals surface area contributed by atoms with Crippen molar-refractivity contribution in [3.63, 3.8) is 0 Å². The number of halogens is 1. The third-order valence-electron chi connectivity index (χ3n) is 3.21. The van der Waals surface area contributed by atoms with E-state index in [1.54, 1.807) is 11.9 Å². The minimum Gasteiger partial charge on any atom is -0.352 e. The number of rotatable bonds is 7. The lowest BCUT2D eigenvalue weighted by molar-refractivity contribution is -0.384. The van der Waals surface area contributed by atoms with Crippen LogP contribution in [0.5, 0.6) is 0 Å². The molecule has 0 saturated heterocycles. The summed E-state index contributed by atoms with van der Waals surface area (Å²) in [5.74, 6) is -0.473. The third-order valence-corrected chi connectivity index (χ3v) is 3.52. The molecule has 23 heavy (non-hydrogen) atoms. The molecule has 1 aliphatic carbocycles. The lowest BCUT2D eigenvalue weighted by Gasteiger charge is -2.16. The van der Waals surface area contributed by atoms with E-state index in [2.05, 4.69) is 10.6 Å². The van der Waals surface area contributed by atoms with E-state index < -0.39 is 4.92 Å². The number of likely N-dealkylation sites (N-methyl/N-ethyl adjacent to an activating group) is 1. The molecule has 0 aliphatic heterocycles. The summed E-state index contributed by atoms with van der Waals surface area (Å²) in [5, 5.41) is 16.1. The summed E-state index contributed by atoms with van der Waals surface area (Å²) in [5.41, 5.74) is 0.139. The first-order valence-corrected chi connectivity index (χ1v) is 7.44. The van der Waals surface area contributed by atoms with Gasteiger partial charge in [-0.2, -0.15) is 0 Å². The van der Waals surface area contributed by atoms with Gasteiger partial charge in [0.25, 0.3) is 5.69 Å². The molecule has 0 unspecified atom stereocenters. The number of nitro groups is 1. The highest BCUT2D eigenvalue weighted by atomic mass is 35.5. The summed E-state index contributed by atoms with van der Waals surface area (Å²) >= 11 is 5.91. The highest BCUT2D eigenvalue weighted by Crippen LogP contribution is 2.26. The van der Waals surface area contributed by atoms with Crippen LogP contribution in [0.1, 0.15) is 12.8 Å². The van der Waals surface area contributed by atoms with Gasteiger partial charge >= 0.3 is 0 Å². The molecule has 0 radical (unpaired) electrons. The predicted octanol–water partition coefficient (Wildman–Crippen LogP) is 1.40. The van der Waals surface area contributed by atoms with Gasteiger partial charge in [-0.3, -0.25) is 24.6 Å². The first-order chi connectivity index (χ1) is 10.8. The van der Waals surface area contributed by atoms with Crippen LogP contribution in [0.4, 0.5) is 11.4 Å². The Morgan fingerprint density at radius 3 is 2.57 bits per heavy atom. The summed E-state index contributed by atoms with van der Waals surface area (Å²) in [6.07, 6.45) is 2.02. The molecule has 1 fully saturated rings. The number of hydrogen-bond acceptors (Lipinski definition) is 5. The average Bonchev–Trinajstić information content (AvgIpc) is 3.24. The maximum atomic E-state index is 11.9. The molecule has 0 bridgehead atoms. The molecule has 1 aromatic rings. The Morgan fingerprint density at radius 2 is 2.00 bits per heavy atom. The number of nitrogens with zero attached hydrogens (tertiary/aromatic N) is 2. The molecule has 0 spiro atoms. The zero-order valence-electron chi connectivity index (χ0n) is 12.5. The summed E-state index contributed by atoms with van der Waals surface area (Å²) < 4.78 is 0. The van der Waals surface area contributed by atoms with E-state index in [9.17, 15) is 19.7 Å². The molecule has 0 heterocycles. The van der Waals surface area contributed by atoms with E-state index in [1.807, 2.05) is 0 Å². The van der Waals surface area contributed by atoms with Crippen LogP contribution in [-0.2, 0) is 9.59 Å². The molecular formula is C14H17ClN4O4. The Hall–Kier alpha value is -2.19. The molecule has 124 valence electrons. The van der Waals surface area contributed by atoms with Gasteiger partial charge in [0.15, 0.2) is 0 Å². The highest BCUT2D eigenvalue weighted by Gasteiger charge is 2.23. The Morgan fingerprint density at radius 1 is 1.35 bits per heavy atom. The Labute approximate surface area is 137 Å². The zero-order chi connectivity index (χ0) is 17.0. The topological polar surface area (TPSA) is 105 Å². The number of anilines is 1. The van der Waals surface area contributed by atoms with Crippen molar-refractivity contribution in [2.75, 3.05) is 25.5 Å². The van der Waals surface area contributed by atoms with Crippen LogP contribution in [0.25, 0.3) is 0 Å². The number of nitrogens with one attached hydrogen (secondary N) is 2. The summed E-state index contributed by atoms with van der Waals surface area (Å²) in [4.78, 5) is 35.2. The molecule has 0 aromatic heterocycles. The predicted molar refractivity (Wildman–Crippen MR) is 85.4 cm³/mol. The van der Waals surface area contributed by atoms with Crippen LogP contribution in [-0.4, -0.2) is 47.8 Å². The maximum Gasteiger partial charge on any atom is 0.271 e. The molecule has 9 heteroatoms. The molecule has 1 aliphatic rings. The molecule has 2 amide bonds. The maximum absolute atomic E-state index is 11.9. The normalized spacial score (nSPS) is 13.7. The lowest BCUT2D eigenvalue weighted by atomic mass is 10.3. The fourth-order valence-corrected chi connectivity index (χ4v) is 2.18. The second-order valence-electron chi connectivity index (χ2n) is 5.48. The molecule has 2 rings (SSSR count). The first-order valence-electron chi connectivity index (χ1n) is 7.07. The van der Waals surface area contributed by atoms with Crippen molar-refractivity contribution in [2.24, 2.45) is 0 Å². The smallest absolute Gasteiger partial charge is 0.271 e. The third kappa shape index (κ3) is 5.50. The number of nitro benzene ring substituents is 1. The lowest BCUT2D eigenvalue weighted by Crippen LogP contribution is -2.39. The van der Waals surface area contributed by atoms with Crippen LogP contribution in [0.3, 0.4) is 0 Å². The van der Waals surface area contributed by atoms with Crippen molar-refractivity contribution in [3.8, 4) is 0 Å². The van der Waals surface area contributed by atoms with Crippen LogP contribution < -0.4 is 10.6 Å². The standard InChI is InChI=1S/C14H17ClN4O4/c1-18(7-13(20)16-9-2-3-9)8-14(21)17-12-5-4-10(19(22)23)6-11(12)15/h4-6,9H,2-3,7-8H2,1H3,(H,16,20)(H,17,21). The average molecular weight is 341 g/mol. The number of carbonyl (C=O) groups excluding carboxylic acids is 2. The summed E-state index contributed by atoms with van der Waals surface area (Å²) in [7, 11) is 1.66. The quantitative estimate of drug-likeness (QED) is 0.576. The summed E-state index contributed by atoms with van der Waals surface area (Å²) in [6.45, 7) is 0.128. The Kier molecular flexibility index (Phi) is 5.51. The monoisotopic (exact) mass is 340 g/mol. The van der Waals surface area contributed by atoms with Gasteiger partial charge in [0.1, 0.15) is 0 Å². The van der Waals surface area contributed by atoms with E-state index >= 15 is 0 Å². The minimum atomic E-state index is -0.566. The second-order valence-corrected chi connectivity index (χ2v) is 5.89. The molecule has 2 N–H and O–H groups in total. The van der Waals surface area contributed by atoms with Gasteiger partial charge in [-0.1, -0.05) is 11.6 Å². The van der Waals surface area contributed by atoms with Gasteiger partial charge < -0.3 is 10.6 Å². The van der Waals surface area contributed by atoms with Crippen LogP contribution in [0.2, 0.25) is 5.02 Å². The Balaban J connectivity index is 1.83. The van der Waals surface area contributed by atoms with Crippen molar-refractivity contribution >= 4 is 34.8 Å². The van der Waals surface area contributed by atoms with Crippen molar-refractivity contribution in [2.45, 2.75) is 18.9 Å². The largest absolute Gasteiger partial charge is 0.352 e. The number of carbonyl (C=O) groups is 2. The van der Waals surface area contributed by atoms with Gasteiger partial charge in [0, 0.05) is 18.2 Å². The van der Waals surface area contributed by atoms with Crippen LogP contribution in [0, 0.1) is 10.1 Å².